The van der Waals surface area contributed by atoms with E-state index in [9.17, 15) is 15.0 Å². The largest absolute Gasteiger partial charge is 0.507 e. The molecule has 4 rings (SSSR count). The van der Waals surface area contributed by atoms with Crippen LogP contribution in [0.25, 0.3) is 11.3 Å². The number of hydrogen-bond donors (Lipinski definition) is 3. The van der Waals surface area contributed by atoms with E-state index in [1.165, 1.54) is 0 Å². The molecule has 8 heteroatoms. The first kappa shape index (κ1) is 22.7. The zero-order valence-corrected chi connectivity index (χ0v) is 19.0. The standard InChI is InChI=1S/C25H29N3O5/c1-15(2)14-33-19-10-9-16(13-20(19)32-3)24-21-22(17-7-4-5-8-18(17)30)26-27-23(21)25(31)28(24)11-6-12-29/h4-5,7-10,13,15,24,29-30H,6,11-12,14H2,1-3H3,(H,26,27). The molecule has 0 saturated heterocycles. The summed E-state index contributed by atoms with van der Waals surface area (Å²) in [5, 5.41) is 27.1. The first-order chi connectivity index (χ1) is 16.0. The van der Waals surface area contributed by atoms with Gasteiger partial charge in [-0.3, -0.25) is 9.89 Å². The molecule has 0 aliphatic carbocycles. The minimum Gasteiger partial charge on any atom is -0.507 e. The van der Waals surface area contributed by atoms with E-state index in [2.05, 4.69) is 24.0 Å². The lowest BCUT2D eigenvalue weighted by molar-refractivity contribution is 0.0732. The van der Waals surface area contributed by atoms with Crippen LogP contribution in [0.4, 0.5) is 0 Å². The number of methoxy groups -OCH3 is 1. The van der Waals surface area contributed by atoms with Crippen LogP contribution < -0.4 is 9.47 Å². The molecule has 2 heterocycles. The highest BCUT2D eigenvalue weighted by Crippen LogP contribution is 2.45. The molecule has 1 amide bonds. The maximum atomic E-state index is 13.3. The molecule has 1 atom stereocenters. The molecular weight excluding hydrogens is 422 g/mol. The van der Waals surface area contributed by atoms with Crippen LogP contribution in [-0.4, -0.2) is 58.1 Å². The molecule has 33 heavy (non-hydrogen) atoms. The van der Waals surface area contributed by atoms with Gasteiger partial charge in [0.1, 0.15) is 17.1 Å². The van der Waals surface area contributed by atoms with Gasteiger partial charge in [-0.15, -0.1) is 0 Å². The van der Waals surface area contributed by atoms with Crippen molar-refractivity contribution in [2.45, 2.75) is 26.3 Å². The Hall–Kier alpha value is -3.52. The maximum absolute atomic E-state index is 13.3. The third-order valence-electron chi connectivity index (χ3n) is 5.66. The van der Waals surface area contributed by atoms with E-state index < -0.39 is 6.04 Å². The predicted octanol–water partition coefficient (Wildman–Crippen LogP) is 3.75. The topological polar surface area (TPSA) is 108 Å². The summed E-state index contributed by atoms with van der Waals surface area (Å²) in [5.74, 6) is 1.46. The fourth-order valence-electron chi connectivity index (χ4n) is 4.12. The normalized spacial score (nSPS) is 15.2. The first-order valence-electron chi connectivity index (χ1n) is 11.1. The third-order valence-corrected chi connectivity index (χ3v) is 5.66. The molecule has 1 aliphatic rings. The van der Waals surface area contributed by atoms with Crippen molar-refractivity contribution in [2.75, 3.05) is 26.9 Å². The lowest BCUT2D eigenvalue weighted by atomic mass is 9.95. The van der Waals surface area contributed by atoms with Gasteiger partial charge in [-0.2, -0.15) is 5.10 Å². The Kier molecular flexibility index (Phi) is 6.55. The molecule has 2 aromatic carbocycles. The van der Waals surface area contributed by atoms with Gasteiger partial charge in [0, 0.05) is 24.3 Å². The van der Waals surface area contributed by atoms with E-state index in [1.54, 1.807) is 30.2 Å². The van der Waals surface area contributed by atoms with E-state index in [0.29, 0.717) is 59.5 Å². The van der Waals surface area contributed by atoms with Crippen LogP contribution in [0, 0.1) is 5.92 Å². The molecule has 1 unspecified atom stereocenters. The molecule has 1 aliphatic heterocycles. The van der Waals surface area contributed by atoms with Crippen LogP contribution in [0.5, 0.6) is 17.2 Å². The van der Waals surface area contributed by atoms with Crippen molar-refractivity contribution in [1.29, 1.82) is 0 Å². The zero-order valence-electron chi connectivity index (χ0n) is 19.0. The highest BCUT2D eigenvalue weighted by Gasteiger charge is 2.42. The Morgan fingerprint density at radius 1 is 1.18 bits per heavy atom. The Morgan fingerprint density at radius 2 is 1.97 bits per heavy atom. The van der Waals surface area contributed by atoms with Gasteiger partial charge in [-0.05, 0) is 42.2 Å². The number of phenolic OH excluding ortho intramolecular Hbond substituents is 1. The quantitative estimate of drug-likeness (QED) is 0.457. The van der Waals surface area contributed by atoms with Crippen LogP contribution in [0.1, 0.15) is 47.9 Å². The van der Waals surface area contributed by atoms with Crippen LogP contribution in [0.15, 0.2) is 42.5 Å². The van der Waals surface area contributed by atoms with Crippen molar-refractivity contribution in [2.24, 2.45) is 5.92 Å². The maximum Gasteiger partial charge on any atom is 0.273 e. The number of phenols is 1. The van der Waals surface area contributed by atoms with Crippen molar-refractivity contribution in [3.63, 3.8) is 0 Å². The molecule has 0 spiro atoms. The van der Waals surface area contributed by atoms with Gasteiger partial charge >= 0.3 is 0 Å². The second-order valence-electron chi connectivity index (χ2n) is 8.47. The molecule has 3 aromatic rings. The monoisotopic (exact) mass is 451 g/mol. The van der Waals surface area contributed by atoms with Gasteiger partial charge in [-0.1, -0.05) is 32.0 Å². The molecule has 0 saturated carbocycles. The summed E-state index contributed by atoms with van der Waals surface area (Å²) in [6.07, 6.45) is 0.443. The Morgan fingerprint density at radius 3 is 2.67 bits per heavy atom. The van der Waals surface area contributed by atoms with Gasteiger partial charge in [0.05, 0.1) is 19.8 Å². The number of rotatable bonds is 9. The van der Waals surface area contributed by atoms with E-state index in [4.69, 9.17) is 9.47 Å². The van der Waals surface area contributed by atoms with Crippen molar-refractivity contribution < 1.29 is 24.5 Å². The van der Waals surface area contributed by atoms with Gasteiger partial charge in [0.2, 0.25) is 0 Å². The Bertz CT molecular complexity index is 1140. The minimum atomic E-state index is -0.458. The summed E-state index contributed by atoms with van der Waals surface area (Å²) in [4.78, 5) is 15.0. The fraction of sp³-hybridized carbons (Fsp3) is 0.360. The average Bonchev–Trinajstić information content (AvgIpc) is 3.35. The number of aliphatic hydroxyl groups excluding tert-OH is 1. The lowest BCUT2D eigenvalue weighted by Crippen LogP contribution is -2.31. The van der Waals surface area contributed by atoms with Crippen LogP contribution in [0.3, 0.4) is 0 Å². The number of ether oxygens (including phenoxy) is 2. The van der Waals surface area contributed by atoms with Gasteiger partial charge < -0.3 is 24.6 Å². The molecule has 3 N–H and O–H groups in total. The molecular formula is C25H29N3O5. The number of amides is 1. The number of aromatic hydroxyl groups is 1. The van der Waals surface area contributed by atoms with Crippen molar-refractivity contribution >= 4 is 5.91 Å². The summed E-state index contributed by atoms with van der Waals surface area (Å²) >= 11 is 0. The summed E-state index contributed by atoms with van der Waals surface area (Å²) < 4.78 is 11.5. The SMILES string of the molecule is COc1cc(C2c3c(-c4ccccc4O)n[nH]c3C(=O)N2CCCO)ccc1OCC(C)C. The Labute approximate surface area is 192 Å². The number of para-hydroxylation sites is 1. The minimum absolute atomic E-state index is 0.0275. The number of hydrogen-bond acceptors (Lipinski definition) is 6. The van der Waals surface area contributed by atoms with Gasteiger partial charge in [0.15, 0.2) is 11.5 Å². The van der Waals surface area contributed by atoms with E-state index >= 15 is 0 Å². The number of aliphatic hydroxyl groups is 1. The first-order valence-corrected chi connectivity index (χ1v) is 11.1. The zero-order chi connectivity index (χ0) is 23.5. The highest BCUT2D eigenvalue weighted by molar-refractivity contribution is 6.00. The fourth-order valence-corrected chi connectivity index (χ4v) is 4.12. The summed E-state index contributed by atoms with van der Waals surface area (Å²) in [6, 6.07) is 12.1. The molecule has 8 nitrogen and oxygen atoms in total. The lowest BCUT2D eigenvalue weighted by Gasteiger charge is -2.27. The van der Waals surface area contributed by atoms with Crippen LogP contribution in [0.2, 0.25) is 0 Å². The molecule has 0 radical (unpaired) electrons. The van der Waals surface area contributed by atoms with Crippen molar-refractivity contribution in [1.82, 2.24) is 15.1 Å². The second-order valence-corrected chi connectivity index (χ2v) is 8.47. The smallest absolute Gasteiger partial charge is 0.273 e. The number of carbonyl (C=O) groups excluding carboxylic acids is 1. The number of fused-ring (bicyclic) bond motifs is 1. The van der Waals surface area contributed by atoms with Crippen molar-refractivity contribution in [3.05, 3.63) is 59.3 Å². The van der Waals surface area contributed by atoms with Crippen molar-refractivity contribution in [3.8, 4) is 28.5 Å². The van der Waals surface area contributed by atoms with Crippen LogP contribution >= 0.6 is 0 Å². The highest BCUT2D eigenvalue weighted by atomic mass is 16.5. The van der Waals surface area contributed by atoms with E-state index in [-0.39, 0.29) is 18.3 Å². The number of nitrogens with one attached hydrogen (secondary N) is 1. The molecule has 0 bridgehead atoms. The molecule has 174 valence electrons. The van der Waals surface area contributed by atoms with Gasteiger partial charge in [0.25, 0.3) is 5.91 Å². The number of nitrogens with zero attached hydrogens (tertiary/aromatic N) is 2. The summed E-state index contributed by atoms with van der Waals surface area (Å²) in [6.45, 7) is 5.05. The summed E-state index contributed by atoms with van der Waals surface area (Å²) in [7, 11) is 1.58. The van der Waals surface area contributed by atoms with E-state index in [0.717, 1.165) is 5.56 Å². The number of benzene rings is 2. The number of aromatic amines is 1. The third kappa shape index (κ3) is 4.26. The number of carbonyl (C=O) groups is 1. The van der Waals surface area contributed by atoms with E-state index in [1.807, 2.05) is 24.3 Å². The average molecular weight is 452 g/mol. The second kappa shape index (κ2) is 9.54. The Balaban J connectivity index is 1.82. The molecule has 0 fully saturated rings. The van der Waals surface area contributed by atoms with Gasteiger partial charge in [-0.25, -0.2) is 0 Å². The summed E-state index contributed by atoms with van der Waals surface area (Å²) in [5.41, 5.74) is 2.97. The number of H-pyrrole nitrogens is 1. The van der Waals surface area contributed by atoms with Crippen LogP contribution in [-0.2, 0) is 0 Å². The number of aromatic nitrogens is 2. The predicted molar refractivity (Wildman–Crippen MR) is 124 cm³/mol. The molecule has 1 aromatic heterocycles.